The van der Waals surface area contributed by atoms with Gasteiger partial charge in [-0.1, -0.05) is 30.7 Å². The number of ether oxygens (including phenoxy) is 1. The highest BCUT2D eigenvalue weighted by Crippen LogP contribution is 2.25. The van der Waals surface area contributed by atoms with Crippen LogP contribution in [0.25, 0.3) is 0 Å². The van der Waals surface area contributed by atoms with E-state index in [2.05, 4.69) is 12.2 Å². The lowest BCUT2D eigenvalue weighted by atomic mass is 10.1. The Hall–Kier alpha value is -2.00. The van der Waals surface area contributed by atoms with Gasteiger partial charge >= 0.3 is 0 Å². The highest BCUT2D eigenvalue weighted by molar-refractivity contribution is 6.32. The number of nitrogens with one attached hydrogen (secondary N) is 1. The van der Waals surface area contributed by atoms with Gasteiger partial charge in [-0.05, 0) is 49.2 Å². The number of carbonyl (C=O) groups is 1. The Morgan fingerprint density at radius 2 is 1.86 bits per heavy atom. The van der Waals surface area contributed by atoms with Gasteiger partial charge in [0.25, 0.3) is 5.91 Å². The van der Waals surface area contributed by atoms with Gasteiger partial charge in [-0.2, -0.15) is 0 Å². The number of benzene rings is 2. The summed E-state index contributed by atoms with van der Waals surface area (Å²) in [6.45, 7) is 4.52. The van der Waals surface area contributed by atoms with E-state index in [-0.39, 0.29) is 5.91 Å². The second-order valence-corrected chi connectivity index (χ2v) is 4.99. The Balaban J connectivity index is 2.10. The van der Waals surface area contributed by atoms with Gasteiger partial charge in [-0.3, -0.25) is 4.79 Å². The Morgan fingerprint density at radius 1 is 1.14 bits per heavy atom. The monoisotopic (exact) mass is 303 g/mol. The van der Waals surface area contributed by atoms with E-state index in [4.69, 9.17) is 16.3 Å². The van der Waals surface area contributed by atoms with Crippen LogP contribution in [0.3, 0.4) is 0 Å². The van der Waals surface area contributed by atoms with Crippen LogP contribution in [0.5, 0.6) is 5.75 Å². The third-order valence-electron chi connectivity index (χ3n) is 3.11. The van der Waals surface area contributed by atoms with E-state index >= 15 is 0 Å². The average Bonchev–Trinajstić information content (AvgIpc) is 2.50. The summed E-state index contributed by atoms with van der Waals surface area (Å²) in [7, 11) is 0. The van der Waals surface area contributed by atoms with Crippen molar-refractivity contribution < 1.29 is 9.53 Å². The summed E-state index contributed by atoms with van der Waals surface area (Å²) < 4.78 is 5.35. The molecule has 0 spiro atoms. The number of hydrogen-bond donors (Lipinski definition) is 1. The Morgan fingerprint density at radius 3 is 2.43 bits per heavy atom. The van der Waals surface area contributed by atoms with Crippen LogP contribution in [0.2, 0.25) is 5.02 Å². The first-order chi connectivity index (χ1) is 10.1. The van der Waals surface area contributed by atoms with Crippen LogP contribution in [0.15, 0.2) is 42.5 Å². The Kier molecular flexibility index (Phi) is 5.23. The highest BCUT2D eigenvalue weighted by atomic mass is 35.5. The molecule has 0 aliphatic carbocycles. The second kappa shape index (κ2) is 7.14. The van der Waals surface area contributed by atoms with Gasteiger partial charge < -0.3 is 10.1 Å². The number of rotatable bonds is 5. The molecule has 0 radical (unpaired) electrons. The fourth-order valence-corrected chi connectivity index (χ4v) is 2.18. The zero-order valence-electron chi connectivity index (χ0n) is 12.2. The van der Waals surface area contributed by atoms with E-state index in [1.165, 1.54) is 5.56 Å². The minimum atomic E-state index is -0.191. The normalized spacial score (nSPS) is 10.2. The van der Waals surface area contributed by atoms with E-state index in [0.29, 0.717) is 22.9 Å². The van der Waals surface area contributed by atoms with Crippen molar-refractivity contribution in [3.8, 4) is 5.75 Å². The standard InChI is InChI=1S/C17H18ClNO2/c1-3-12-5-8-14(9-6-12)19-17(20)13-7-10-16(21-4-2)15(18)11-13/h5-11H,3-4H2,1-2H3,(H,19,20). The molecule has 1 amide bonds. The summed E-state index contributed by atoms with van der Waals surface area (Å²) in [6.07, 6.45) is 0.975. The Labute approximate surface area is 129 Å². The maximum Gasteiger partial charge on any atom is 0.255 e. The van der Waals surface area contributed by atoms with Gasteiger partial charge in [-0.25, -0.2) is 0 Å². The van der Waals surface area contributed by atoms with E-state index in [0.717, 1.165) is 12.1 Å². The molecule has 0 saturated heterocycles. The summed E-state index contributed by atoms with van der Waals surface area (Å²) in [6, 6.07) is 12.8. The van der Waals surface area contributed by atoms with Gasteiger partial charge in [0.05, 0.1) is 11.6 Å². The van der Waals surface area contributed by atoms with Crippen molar-refractivity contribution in [3.05, 3.63) is 58.6 Å². The van der Waals surface area contributed by atoms with Crippen LogP contribution in [0.1, 0.15) is 29.8 Å². The van der Waals surface area contributed by atoms with Crippen LogP contribution < -0.4 is 10.1 Å². The predicted molar refractivity (Wildman–Crippen MR) is 86.4 cm³/mol. The molecule has 110 valence electrons. The lowest BCUT2D eigenvalue weighted by molar-refractivity contribution is 0.102. The molecule has 0 aromatic heterocycles. The minimum Gasteiger partial charge on any atom is -0.492 e. The second-order valence-electron chi connectivity index (χ2n) is 4.58. The summed E-state index contributed by atoms with van der Waals surface area (Å²) in [5, 5.41) is 3.29. The van der Waals surface area contributed by atoms with E-state index in [1.807, 2.05) is 31.2 Å². The molecule has 0 unspecified atom stereocenters. The maximum absolute atomic E-state index is 12.2. The van der Waals surface area contributed by atoms with Crippen molar-refractivity contribution >= 4 is 23.2 Å². The first-order valence-electron chi connectivity index (χ1n) is 6.96. The highest BCUT2D eigenvalue weighted by Gasteiger charge is 2.09. The van der Waals surface area contributed by atoms with Crippen LogP contribution in [0, 0.1) is 0 Å². The van der Waals surface area contributed by atoms with E-state index < -0.39 is 0 Å². The summed E-state index contributed by atoms with van der Waals surface area (Å²) >= 11 is 6.09. The first kappa shape index (κ1) is 15.4. The number of aryl methyl sites for hydroxylation is 1. The molecular weight excluding hydrogens is 286 g/mol. The van der Waals surface area contributed by atoms with Crippen molar-refractivity contribution in [2.45, 2.75) is 20.3 Å². The zero-order valence-corrected chi connectivity index (χ0v) is 12.9. The molecule has 0 aliphatic rings. The molecule has 4 heteroatoms. The van der Waals surface area contributed by atoms with Gasteiger partial charge in [0.15, 0.2) is 0 Å². The van der Waals surface area contributed by atoms with E-state index in [9.17, 15) is 4.79 Å². The predicted octanol–water partition coefficient (Wildman–Crippen LogP) is 4.55. The quantitative estimate of drug-likeness (QED) is 0.879. The van der Waals surface area contributed by atoms with Crippen LogP contribution in [0.4, 0.5) is 5.69 Å². The summed E-state index contributed by atoms with van der Waals surface area (Å²) in [5.41, 5.74) is 2.50. The molecule has 0 bridgehead atoms. The average molecular weight is 304 g/mol. The third kappa shape index (κ3) is 3.99. The van der Waals surface area contributed by atoms with Crippen molar-refractivity contribution in [2.75, 3.05) is 11.9 Å². The van der Waals surface area contributed by atoms with Crippen molar-refractivity contribution in [2.24, 2.45) is 0 Å². The molecule has 3 nitrogen and oxygen atoms in total. The molecule has 0 saturated carbocycles. The zero-order chi connectivity index (χ0) is 15.2. The number of carbonyl (C=O) groups excluding carboxylic acids is 1. The molecule has 21 heavy (non-hydrogen) atoms. The van der Waals surface area contributed by atoms with Crippen molar-refractivity contribution in [3.63, 3.8) is 0 Å². The van der Waals surface area contributed by atoms with Crippen LogP contribution in [-0.4, -0.2) is 12.5 Å². The van der Waals surface area contributed by atoms with Crippen LogP contribution >= 0.6 is 11.6 Å². The third-order valence-corrected chi connectivity index (χ3v) is 3.41. The smallest absolute Gasteiger partial charge is 0.255 e. The summed E-state index contributed by atoms with van der Waals surface area (Å²) in [5.74, 6) is 0.396. The summed E-state index contributed by atoms with van der Waals surface area (Å²) in [4.78, 5) is 12.2. The maximum atomic E-state index is 12.2. The number of hydrogen-bond acceptors (Lipinski definition) is 2. The number of halogens is 1. The van der Waals surface area contributed by atoms with Gasteiger partial charge in [-0.15, -0.1) is 0 Å². The SMILES string of the molecule is CCOc1ccc(C(=O)Nc2ccc(CC)cc2)cc1Cl. The molecule has 2 aromatic rings. The van der Waals surface area contributed by atoms with E-state index in [1.54, 1.807) is 18.2 Å². The molecule has 2 rings (SSSR count). The van der Waals surface area contributed by atoms with Gasteiger partial charge in [0.1, 0.15) is 5.75 Å². The minimum absolute atomic E-state index is 0.191. The fourth-order valence-electron chi connectivity index (χ4n) is 1.94. The molecular formula is C17H18ClNO2. The van der Waals surface area contributed by atoms with Gasteiger partial charge in [0.2, 0.25) is 0 Å². The number of amides is 1. The van der Waals surface area contributed by atoms with Gasteiger partial charge in [0, 0.05) is 11.3 Å². The molecule has 0 heterocycles. The van der Waals surface area contributed by atoms with Crippen molar-refractivity contribution in [1.29, 1.82) is 0 Å². The molecule has 1 N–H and O–H groups in total. The molecule has 0 fully saturated rings. The molecule has 0 atom stereocenters. The first-order valence-corrected chi connectivity index (χ1v) is 7.34. The largest absolute Gasteiger partial charge is 0.492 e. The number of anilines is 1. The van der Waals surface area contributed by atoms with Crippen LogP contribution in [-0.2, 0) is 6.42 Å². The molecule has 0 aliphatic heterocycles. The van der Waals surface area contributed by atoms with Crippen molar-refractivity contribution in [1.82, 2.24) is 0 Å². The fraction of sp³-hybridized carbons (Fsp3) is 0.235. The lowest BCUT2D eigenvalue weighted by Crippen LogP contribution is -2.12. The topological polar surface area (TPSA) is 38.3 Å². The molecule has 2 aromatic carbocycles. The lowest BCUT2D eigenvalue weighted by Gasteiger charge is -2.09. The Bertz CT molecular complexity index is 623.